The van der Waals surface area contributed by atoms with E-state index in [0.717, 1.165) is 41.4 Å². The molecule has 2 fully saturated rings. The molecular formula is C16H23N5. The molecule has 2 bridgehead atoms. The molecule has 2 saturated heterocycles. The fourth-order valence-corrected chi connectivity index (χ4v) is 4.12. The fraction of sp³-hybridized carbons (Fsp3) is 0.625. The van der Waals surface area contributed by atoms with Gasteiger partial charge in [0.1, 0.15) is 5.52 Å². The molecule has 2 atom stereocenters. The van der Waals surface area contributed by atoms with Crippen molar-refractivity contribution in [3.05, 3.63) is 18.6 Å². The summed E-state index contributed by atoms with van der Waals surface area (Å²) in [6, 6.07) is 3.62. The Bertz CT molecular complexity index is 635. The Hall–Kier alpha value is -1.62. The summed E-state index contributed by atoms with van der Waals surface area (Å²) in [5, 5.41) is 3.55. The first-order valence-electron chi connectivity index (χ1n) is 7.94. The molecule has 4 rings (SSSR count). The van der Waals surface area contributed by atoms with Crippen LogP contribution in [0.15, 0.2) is 18.6 Å². The maximum atomic E-state index is 4.48. The summed E-state index contributed by atoms with van der Waals surface area (Å²) in [6.07, 6.45) is 9.12. The van der Waals surface area contributed by atoms with Crippen LogP contribution in [0.2, 0.25) is 0 Å². The third-order valence-corrected chi connectivity index (χ3v) is 5.40. The van der Waals surface area contributed by atoms with Crippen molar-refractivity contribution in [3.63, 3.8) is 0 Å². The number of nitrogens with zero attached hydrogens (tertiary/aromatic N) is 4. The Morgan fingerprint density at radius 3 is 2.71 bits per heavy atom. The van der Waals surface area contributed by atoms with Crippen LogP contribution in [0.5, 0.6) is 0 Å². The van der Waals surface area contributed by atoms with Crippen molar-refractivity contribution in [2.45, 2.75) is 37.8 Å². The van der Waals surface area contributed by atoms with E-state index < -0.39 is 0 Å². The molecule has 2 aromatic heterocycles. The van der Waals surface area contributed by atoms with Gasteiger partial charge in [-0.05, 0) is 44.7 Å². The van der Waals surface area contributed by atoms with Crippen LogP contribution >= 0.6 is 0 Å². The summed E-state index contributed by atoms with van der Waals surface area (Å²) in [5.74, 6) is 1.69. The SMILES string of the molecule is CN1C2CCC1CC(CNc1nccc3c1ncn3C)C2. The number of aryl methyl sites for hydroxylation is 1. The topological polar surface area (TPSA) is 46.0 Å². The number of nitrogens with one attached hydrogen (secondary N) is 1. The van der Waals surface area contributed by atoms with Gasteiger partial charge in [-0.25, -0.2) is 9.97 Å². The third-order valence-electron chi connectivity index (χ3n) is 5.40. The Morgan fingerprint density at radius 2 is 1.95 bits per heavy atom. The number of hydrogen-bond donors (Lipinski definition) is 1. The number of imidazole rings is 1. The van der Waals surface area contributed by atoms with Crippen LogP contribution < -0.4 is 5.32 Å². The van der Waals surface area contributed by atoms with Crippen molar-refractivity contribution in [3.8, 4) is 0 Å². The van der Waals surface area contributed by atoms with Gasteiger partial charge in [-0.15, -0.1) is 0 Å². The Labute approximate surface area is 125 Å². The summed E-state index contributed by atoms with van der Waals surface area (Å²) in [4.78, 5) is 11.5. The van der Waals surface area contributed by atoms with Gasteiger partial charge in [-0.1, -0.05) is 0 Å². The second kappa shape index (κ2) is 4.98. The first-order valence-corrected chi connectivity index (χ1v) is 7.94. The van der Waals surface area contributed by atoms with E-state index in [2.05, 4.69) is 27.2 Å². The number of fused-ring (bicyclic) bond motifs is 3. The number of aromatic nitrogens is 3. The lowest BCUT2D eigenvalue weighted by Gasteiger charge is -2.36. The van der Waals surface area contributed by atoms with Crippen molar-refractivity contribution < 1.29 is 0 Å². The summed E-state index contributed by atoms with van der Waals surface area (Å²) in [6.45, 7) is 1.02. The van der Waals surface area contributed by atoms with E-state index in [4.69, 9.17) is 0 Å². The normalized spacial score (nSPS) is 29.1. The van der Waals surface area contributed by atoms with Gasteiger partial charge in [0.15, 0.2) is 5.82 Å². The van der Waals surface area contributed by atoms with E-state index in [9.17, 15) is 0 Å². The van der Waals surface area contributed by atoms with Crippen molar-refractivity contribution in [2.75, 3.05) is 18.9 Å². The van der Waals surface area contributed by atoms with Crippen molar-refractivity contribution in [2.24, 2.45) is 13.0 Å². The fourth-order valence-electron chi connectivity index (χ4n) is 4.12. The summed E-state index contributed by atoms with van der Waals surface area (Å²) in [5.41, 5.74) is 2.12. The molecule has 2 aliphatic rings. The standard InChI is InChI=1S/C16H23N5/c1-20-10-19-15-14(20)5-6-17-16(15)18-9-11-7-12-3-4-13(8-11)21(12)2/h5-6,10-13H,3-4,7-9H2,1-2H3,(H,17,18). The maximum absolute atomic E-state index is 4.48. The highest BCUT2D eigenvalue weighted by Crippen LogP contribution is 2.37. The molecule has 0 aliphatic carbocycles. The van der Waals surface area contributed by atoms with Crippen LogP contribution in [0.4, 0.5) is 5.82 Å². The van der Waals surface area contributed by atoms with Gasteiger partial charge >= 0.3 is 0 Å². The van der Waals surface area contributed by atoms with Gasteiger partial charge < -0.3 is 14.8 Å². The van der Waals surface area contributed by atoms with Crippen LogP contribution in [-0.4, -0.2) is 45.1 Å². The largest absolute Gasteiger partial charge is 0.368 e. The molecule has 0 saturated carbocycles. The van der Waals surface area contributed by atoms with E-state index in [1.165, 1.54) is 25.7 Å². The lowest BCUT2D eigenvalue weighted by molar-refractivity contribution is 0.139. The van der Waals surface area contributed by atoms with Crippen LogP contribution in [0.3, 0.4) is 0 Å². The molecule has 21 heavy (non-hydrogen) atoms. The van der Waals surface area contributed by atoms with E-state index in [1.54, 1.807) is 0 Å². The minimum Gasteiger partial charge on any atom is -0.368 e. The van der Waals surface area contributed by atoms with E-state index in [0.29, 0.717) is 0 Å². The van der Waals surface area contributed by atoms with Crippen LogP contribution in [0.1, 0.15) is 25.7 Å². The summed E-state index contributed by atoms with van der Waals surface area (Å²) in [7, 11) is 4.32. The highest BCUT2D eigenvalue weighted by atomic mass is 15.2. The lowest BCUT2D eigenvalue weighted by atomic mass is 9.91. The first-order chi connectivity index (χ1) is 10.2. The molecule has 0 amide bonds. The molecule has 0 radical (unpaired) electrons. The Morgan fingerprint density at radius 1 is 1.19 bits per heavy atom. The molecule has 2 unspecified atom stereocenters. The van der Waals surface area contributed by atoms with Gasteiger partial charge in [-0.2, -0.15) is 0 Å². The third kappa shape index (κ3) is 2.20. The van der Waals surface area contributed by atoms with Gasteiger partial charge in [-0.3, -0.25) is 0 Å². The molecule has 0 aromatic carbocycles. The predicted octanol–water partition coefficient (Wildman–Crippen LogP) is 2.25. The summed E-state index contributed by atoms with van der Waals surface area (Å²) < 4.78 is 2.04. The lowest BCUT2D eigenvalue weighted by Crippen LogP contribution is -2.41. The number of pyridine rings is 1. The Balaban J connectivity index is 1.47. The van der Waals surface area contributed by atoms with Gasteiger partial charge in [0, 0.05) is 31.9 Å². The predicted molar refractivity (Wildman–Crippen MR) is 84.3 cm³/mol. The minimum absolute atomic E-state index is 0.763. The molecule has 4 heterocycles. The van der Waals surface area contributed by atoms with E-state index in [1.807, 2.05) is 30.2 Å². The van der Waals surface area contributed by atoms with E-state index in [-0.39, 0.29) is 0 Å². The monoisotopic (exact) mass is 285 g/mol. The second-order valence-electron chi connectivity index (χ2n) is 6.65. The van der Waals surface area contributed by atoms with Crippen LogP contribution in [0, 0.1) is 5.92 Å². The average Bonchev–Trinajstić information content (AvgIpc) is 2.94. The zero-order valence-corrected chi connectivity index (χ0v) is 12.8. The molecule has 2 aromatic rings. The molecule has 5 nitrogen and oxygen atoms in total. The van der Waals surface area contributed by atoms with Gasteiger partial charge in [0.25, 0.3) is 0 Å². The quantitative estimate of drug-likeness (QED) is 0.939. The molecule has 112 valence electrons. The maximum Gasteiger partial charge on any atom is 0.154 e. The second-order valence-corrected chi connectivity index (χ2v) is 6.65. The highest BCUT2D eigenvalue weighted by molar-refractivity contribution is 5.85. The van der Waals surface area contributed by atoms with Crippen molar-refractivity contribution in [1.29, 1.82) is 0 Å². The number of hydrogen-bond acceptors (Lipinski definition) is 4. The molecule has 5 heteroatoms. The number of piperidine rings is 1. The van der Waals surface area contributed by atoms with Gasteiger partial charge in [0.2, 0.25) is 0 Å². The smallest absolute Gasteiger partial charge is 0.154 e. The van der Waals surface area contributed by atoms with Crippen LogP contribution in [0.25, 0.3) is 11.0 Å². The van der Waals surface area contributed by atoms with Gasteiger partial charge in [0.05, 0.1) is 11.8 Å². The average molecular weight is 285 g/mol. The summed E-state index contributed by atoms with van der Waals surface area (Å²) >= 11 is 0. The molecule has 1 N–H and O–H groups in total. The molecule has 2 aliphatic heterocycles. The Kier molecular flexibility index (Phi) is 3.10. The zero-order chi connectivity index (χ0) is 14.4. The molecule has 0 spiro atoms. The number of anilines is 1. The van der Waals surface area contributed by atoms with Crippen molar-refractivity contribution in [1.82, 2.24) is 19.4 Å². The number of rotatable bonds is 3. The first kappa shape index (κ1) is 13.1. The van der Waals surface area contributed by atoms with Crippen molar-refractivity contribution >= 4 is 16.9 Å². The minimum atomic E-state index is 0.763. The van der Waals surface area contributed by atoms with E-state index >= 15 is 0 Å². The highest BCUT2D eigenvalue weighted by Gasteiger charge is 2.38. The van der Waals surface area contributed by atoms with Crippen LogP contribution in [-0.2, 0) is 7.05 Å². The zero-order valence-electron chi connectivity index (χ0n) is 12.8. The molecular weight excluding hydrogens is 262 g/mol.